The predicted molar refractivity (Wildman–Crippen MR) is 54.0 cm³/mol. The second kappa shape index (κ2) is 4.18. The molecule has 2 nitrogen and oxygen atoms in total. The standard InChI is InChI=1S/C12H7F2NO/c13-9-1-2-10(11(14)7-9)12(16)8-3-5-15-6-4-8/h1-7H. The van der Waals surface area contributed by atoms with Crippen molar-refractivity contribution in [2.75, 3.05) is 0 Å². The van der Waals surface area contributed by atoms with Crippen LogP contribution >= 0.6 is 0 Å². The Morgan fingerprint density at radius 1 is 1.06 bits per heavy atom. The predicted octanol–water partition coefficient (Wildman–Crippen LogP) is 2.59. The van der Waals surface area contributed by atoms with Crippen molar-refractivity contribution in [1.29, 1.82) is 0 Å². The van der Waals surface area contributed by atoms with Crippen LogP contribution in [0.4, 0.5) is 8.78 Å². The van der Waals surface area contributed by atoms with Gasteiger partial charge in [-0.3, -0.25) is 9.78 Å². The molecule has 0 unspecified atom stereocenters. The summed E-state index contributed by atoms with van der Waals surface area (Å²) in [5.41, 5.74) is 0.174. The molecule has 1 aromatic carbocycles. The highest BCUT2D eigenvalue weighted by atomic mass is 19.1. The van der Waals surface area contributed by atoms with E-state index in [1.54, 1.807) is 0 Å². The lowest BCUT2D eigenvalue weighted by Gasteiger charge is -2.02. The summed E-state index contributed by atoms with van der Waals surface area (Å²) in [5, 5.41) is 0. The number of halogens is 2. The van der Waals surface area contributed by atoms with Crippen molar-refractivity contribution in [3.05, 3.63) is 65.5 Å². The van der Waals surface area contributed by atoms with Gasteiger partial charge in [0.05, 0.1) is 5.56 Å². The van der Waals surface area contributed by atoms with Gasteiger partial charge in [0.1, 0.15) is 11.6 Å². The van der Waals surface area contributed by atoms with Gasteiger partial charge < -0.3 is 0 Å². The third-order valence-corrected chi connectivity index (χ3v) is 2.12. The first-order chi connectivity index (χ1) is 7.68. The number of benzene rings is 1. The third-order valence-electron chi connectivity index (χ3n) is 2.12. The largest absolute Gasteiger partial charge is 0.288 e. The van der Waals surface area contributed by atoms with Crippen molar-refractivity contribution < 1.29 is 13.6 Å². The summed E-state index contributed by atoms with van der Waals surface area (Å²) in [4.78, 5) is 15.5. The molecule has 0 saturated carbocycles. The molecule has 0 N–H and O–H groups in total. The number of hydrogen-bond donors (Lipinski definition) is 0. The molecule has 0 atom stereocenters. The van der Waals surface area contributed by atoms with Gasteiger partial charge >= 0.3 is 0 Å². The monoisotopic (exact) mass is 219 g/mol. The molecule has 0 saturated heterocycles. The minimum Gasteiger partial charge on any atom is -0.288 e. The Bertz CT molecular complexity index is 526. The average Bonchev–Trinajstić information content (AvgIpc) is 2.29. The van der Waals surface area contributed by atoms with Gasteiger partial charge in [0.25, 0.3) is 0 Å². The normalized spacial score (nSPS) is 10.1. The third kappa shape index (κ3) is 1.95. The molecule has 0 spiro atoms. The van der Waals surface area contributed by atoms with Crippen LogP contribution in [0.2, 0.25) is 0 Å². The SMILES string of the molecule is O=C(c1ccncc1)c1ccc(F)cc1F. The Morgan fingerprint density at radius 3 is 2.38 bits per heavy atom. The molecule has 0 aliphatic carbocycles. The van der Waals surface area contributed by atoms with Crippen molar-refractivity contribution in [1.82, 2.24) is 4.98 Å². The molecular formula is C12H7F2NO. The number of rotatable bonds is 2. The summed E-state index contributed by atoms with van der Waals surface area (Å²) in [6.45, 7) is 0. The van der Waals surface area contributed by atoms with Crippen LogP contribution in [0.5, 0.6) is 0 Å². The first-order valence-electron chi connectivity index (χ1n) is 4.58. The van der Waals surface area contributed by atoms with E-state index in [2.05, 4.69) is 4.98 Å². The van der Waals surface area contributed by atoms with Crippen LogP contribution in [0, 0.1) is 11.6 Å². The van der Waals surface area contributed by atoms with Crippen LogP contribution < -0.4 is 0 Å². The van der Waals surface area contributed by atoms with Gasteiger partial charge in [-0.2, -0.15) is 0 Å². The van der Waals surface area contributed by atoms with Crippen molar-refractivity contribution >= 4 is 5.78 Å². The Hall–Kier alpha value is -2.10. The summed E-state index contributed by atoms with van der Waals surface area (Å²) in [7, 11) is 0. The quantitative estimate of drug-likeness (QED) is 0.726. The second-order valence-electron chi connectivity index (χ2n) is 3.19. The molecule has 0 bridgehead atoms. The molecule has 0 amide bonds. The molecule has 0 radical (unpaired) electrons. The molecular weight excluding hydrogens is 212 g/mol. The van der Waals surface area contributed by atoms with Crippen molar-refractivity contribution in [3.63, 3.8) is 0 Å². The number of nitrogens with zero attached hydrogens (tertiary/aromatic N) is 1. The van der Waals surface area contributed by atoms with Crippen LogP contribution in [-0.2, 0) is 0 Å². The number of carbonyl (C=O) groups is 1. The molecule has 4 heteroatoms. The van der Waals surface area contributed by atoms with Gasteiger partial charge in [-0.1, -0.05) is 0 Å². The zero-order valence-corrected chi connectivity index (χ0v) is 8.15. The molecule has 1 heterocycles. The lowest BCUT2D eigenvalue weighted by molar-refractivity contribution is 0.103. The van der Waals surface area contributed by atoms with Gasteiger partial charge in [0, 0.05) is 24.0 Å². The Kier molecular flexibility index (Phi) is 2.72. The van der Waals surface area contributed by atoms with Crippen LogP contribution in [0.3, 0.4) is 0 Å². The lowest BCUT2D eigenvalue weighted by atomic mass is 10.0. The van der Waals surface area contributed by atoms with E-state index in [4.69, 9.17) is 0 Å². The summed E-state index contributed by atoms with van der Waals surface area (Å²) in [6.07, 6.45) is 2.88. The average molecular weight is 219 g/mol. The molecule has 1 aromatic heterocycles. The van der Waals surface area contributed by atoms with Crippen molar-refractivity contribution in [2.45, 2.75) is 0 Å². The topological polar surface area (TPSA) is 30.0 Å². The molecule has 16 heavy (non-hydrogen) atoms. The van der Waals surface area contributed by atoms with Gasteiger partial charge in [0.15, 0.2) is 5.78 Å². The maximum atomic E-state index is 13.3. The molecule has 0 fully saturated rings. The summed E-state index contributed by atoms with van der Waals surface area (Å²) in [5.74, 6) is -2.05. The van der Waals surface area contributed by atoms with Crippen LogP contribution in [0.1, 0.15) is 15.9 Å². The highest BCUT2D eigenvalue weighted by Crippen LogP contribution is 2.14. The van der Waals surface area contributed by atoms with E-state index >= 15 is 0 Å². The van der Waals surface area contributed by atoms with Gasteiger partial charge in [0.2, 0.25) is 0 Å². The fraction of sp³-hybridized carbons (Fsp3) is 0. The van der Waals surface area contributed by atoms with E-state index in [0.29, 0.717) is 11.6 Å². The number of aromatic nitrogens is 1. The Labute approximate surface area is 90.6 Å². The smallest absolute Gasteiger partial charge is 0.196 e. The number of ketones is 1. The van der Waals surface area contributed by atoms with E-state index in [0.717, 1.165) is 12.1 Å². The van der Waals surface area contributed by atoms with Gasteiger partial charge in [-0.25, -0.2) is 8.78 Å². The lowest BCUT2D eigenvalue weighted by Crippen LogP contribution is -2.04. The molecule has 0 aliphatic heterocycles. The zero-order valence-electron chi connectivity index (χ0n) is 8.15. The molecule has 0 aliphatic rings. The van der Waals surface area contributed by atoms with Crippen LogP contribution in [-0.4, -0.2) is 10.8 Å². The minimum atomic E-state index is -0.859. The number of hydrogen-bond acceptors (Lipinski definition) is 2. The maximum Gasteiger partial charge on any atom is 0.196 e. The first kappa shape index (κ1) is 10.4. The molecule has 80 valence electrons. The van der Waals surface area contributed by atoms with E-state index in [-0.39, 0.29) is 5.56 Å². The number of carbonyl (C=O) groups excluding carboxylic acids is 1. The molecule has 2 rings (SSSR count). The van der Waals surface area contributed by atoms with Crippen molar-refractivity contribution in [2.24, 2.45) is 0 Å². The highest BCUT2D eigenvalue weighted by Gasteiger charge is 2.13. The Morgan fingerprint density at radius 2 is 1.75 bits per heavy atom. The van der Waals surface area contributed by atoms with E-state index in [1.807, 2.05) is 0 Å². The maximum absolute atomic E-state index is 13.3. The van der Waals surface area contributed by atoms with Gasteiger partial charge in [-0.15, -0.1) is 0 Å². The van der Waals surface area contributed by atoms with Gasteiger partial charge in [-0.05, 0) is 24.3 Å². The minimum absolute atomic E-state index is 0.146. The Balaban J connectivity index is 2.42. The van der Waals surface area contributed by atoms with E-state index in [1.165, 1.54) is 24.5 Å². The van der Waals surface area contributed by atoms with Crippen molar-refractivity contribution in [3.8, 4) is 0 Å². The summed E-state index contributed by atoms with van der Waals surface area (Å²) in [6, 6.07) is 5.83. The first-order valence-corrected chi connectivity index (χ1v) is 4.58. The summed E-state index contributed by atoms with van der Waals surface area (Å²) >= 11 is 0. The number of pyridine rings is 1. The fourth-order valence-corrected chi connectivity index (χ4v) is 1.33. The second-order valence-corrected chi connectivity index (χ2v) is 3.19. The molecule has 2 aromatic rings. The zero-order chi connectivity index (χ0) is 11.5. The summed E-state index contributed by atoms with van der Waals surface area (Å²) < 4.78 is 26.0. The van der Waals surface area contributed by atoms with E-state index < -0.39 is 17.4 Å². The highest BCUT2D eigenvalue weighted by molar-refractivity contribution is 6.09. The van der Waals surface area contributed by atoms with E-state index in [9.17, 15) is 13.6 Å². The van der Waals surface area contributed by atoms with Crippen LogP contribution in [0.15, 0.2) is 42.7 Å². The van der Waals surface area contributed by atoms with Crippen LogP contribution in [0.25, 0.3) is 0 Å². The fourth-order valence-electron chi connectivity index (χ4n) is 1.33.